The van der Waals surface area contributed by atoms with Crippen molar-refractivity contribution in [1.29, 1.82) is 0 Å². The van der Waals surface area contributed by atoms with E-state index in [1.807, 2.05) is 0 Å². The molecular formula is C15H24N2. The second-order valence-electron chi connectivity index (χ2n) is 5.00. The molecule has 2 nitrogen and oxygen atoms in total. The molecule has 0 spiro atoms. The largest absolute Gasteiger partial charge is 0.371 e. The Morgan fingerprint density at radius 1 is 1.29 bits per heavy atom. The monoisotopic (exact) mass is 232 g/mol. The molecule has 1 aromatic carbocycles. The van der Waals surface area contributed by atoms with Crippen LogP contribution >= 0.6 is 0 Å². The average molecular weight is 232 g/mol. The zero-order valence-electron chi connectivity index (χ0n) is 10.9. The summed E-state index contributed by atoms with van der Waals surface area (Å²) in [6.45, 7) is 5.30. The smallest absolute Gasteiger partial charge is 0.0399 e. The van der Waals surface area contributed by atoms with Gasteiger partial charge in [-0.05, 0) is 50.3 Å². The van der Waals surface area contributed by atoms with Gasteiger partial charge in [-0.15, -0.1) is 0 Å². The van der Waals surface area contributed by atoms with Crippen LogP contribution in [0.25, 0.3) is 0 Å². The third-order valence-electron chi connectivity index (χ3n) is 3.83. The summed E-state index contributed by atoms with van der Waals surface area (Å²) < 4.78 is 0. The lowest BCUT2D eigenvalue weighted by Gasteiger charge is -2.34. The SMILES string of the molecule is CCN(CC1CCC1)c1ccccc1CCN. The molecule has 0 heterocycles. The number of hydrogen-bond donors (Lipinski definition) is 1. The van der Waals surface area contributed by atoms with E-state index in [9.17, 15) is 0 Å². The molecule has 0 aromatic heterocycles. The highest BCUT2D eigenvalue weighted by Crippen LogP contribution is 2.30. The van der Waals surface area contributed by atoms with Crippen molar-refractivity contribution in [3.8, 4) is 0 Å². The molecule has 2 rings (SSSR count). The van der Waals surface area contributed by atoms with E-state index in [1.165, 1.54) is 37.1 Å². The van der Waals surface area contributed by atoms with Gasteiger partial charge in [-0.2, -0.15) is 0 Å². The highest BCUT2D eigenvalue weighted by Gasteiger charge is 2.21. The first-order chi connectivity index (χ1) is 8.35. The Labute approximate surface area is 105 Å². The maximum atomic E-state index is 5.69. The Kier molecular flexibility index (Phi) is 4.43. The third-order valence-corrected chi connectivity index (χ3v) is 3.83. The zero-order chi connectivity index (χ0) is 12.1. The number of hydrogen-bond acceptors (Lipinski definition) is 2. The molecular weight excluding hydrogens is 208 g/mol. The van der Waals surface area contributed by atoms with Crippen molar-refractivity contribution in [3.63, 3.8) is 0 Å². The summed E-state index contributed by atoms with van der Waals surface area (Å²) in [5.74, 6) is 0.917. The molecule has 1 fully saturated rings. The van der Waals surface area contributed by atoms with Crippen LogP contribution in [0.5, 0.6) is 0 Å². The van der Waals surface area contributed by atoms with Crippen LogP contribution in [0.3, 0.4) is 0 Å². The Hall–Kier alpha value is -1.02. The standard InChI is InChI=1S/C15H24N2/c1-2-17(12-13-6-5-7-13)15-9-4-3-8-14(15)10-11-16/h3-4,8-9,13H,2,5-7,10-12,16H2,1H3. The number of rotatable bonds is 6. The van der Waals surface area contributed by atoms with Crippen LogP contribution in [0, 0.1) is 5.92 Å². The molecule has 0 aliphatic heterocycles. The fourth-order valence-corrected chi connectivity index (χ4v) is 2.57. The van der Waals surface area contributed by atoms with E-state index in [2.05, 4.69) is 36.1 Å². The summed E-state index contributed by atoms with van der Waals surface area (Å²) in [6.07, 6.45) is 5.23. The van der Waals surface area contributed by atoms with Gasteiger partial charge in [0.2, 0.25) is 0 Å². The average Bonchev–Trinajstić information content (AvgIpc) is 2.30. The minimum Gasteiger partial charge on any atom is -0.371 e. The summed E-state index contributed by atoms with van der Waals surface area (Å²) in [5.41, 5.74) is 8.49. The van der Waals surface area contributed by atoms with E-state index in [4.69, 9.17) is 5.73 Å². The maximum Gasteiger partial charge on any atom is 0.0399 e. The van der Waals surface area contributed by atoms with Crippen molar-refractivity contribution in [3.05, 3.63) is 29.8 Å². The number of para-hydroxylation sites is 1. The Balaban J connectivity index is 2.10. The van der Waals surface area contributed by atoms with Crippen molar-refractivity contribution in [2.45, 2.75) is 32.6 Å². The molecule has 2 heteroatoms. The fraction of sp³-hybridized carbons (Fsp3) is 0.600. The predicted molar refractivity (Wildman–Crippen MR) is 74.4 cm³/mol. The second-order valence-corrected chi connectivity index (χ2v) is 5.00. The molecule has 0 radical (unpaired) electrons. The van der Waals surface area contributed by atoms with Crippen LogP contribution in [0.2, 0.25) is 0 Å². The lowest BCUT2D eigenvalue weighted by Crippen LogP contribution is -2.33. The molecule has 0 amide bonds. The Bertz CT molecular complexity index is 345. The van der Waals surface area contributed by atoms with Gasteiger partial charge in [-0.3, -0.25) is 0 Å². The lowest BCUT2D eigenvalue weighted by molar-refractivity contribution is 0.318. The van der Waals surface area contributed by atoms with Gasteiger partial charge < -0.3 is 10.6 Å². The van der Waals surface area contributed by atoms with Crippen LogP contribution in [0.1, 0.15) is 31.7 Å². The van der Waals surface area contributed by atoms with E-state index in [0.29, 0.717) is 0 Å². The molecule has 0 unspecified atom stereocenters. The minimum absolute atomic E-state index is 0.734. The van der Waals surface area contributed by atoms with Gasteiger partial charge >= 0.3 is 0 Å². The highest BCUT2D eigenvalue weighted by atomic mass is 15.1. The topological polar surface area (TPSA) is 29.3 Å². The summed E-state index contributed by atoms with van der Waals surface area (Å²) in [4.78, 5) is 2.52. The van der Waals surface area contributed by atoms with Crippen LogP contribution < -0.4 is 10.6 Å². The first-order valence-corrected chi connectivity index (χ1v) is 6.88. The molecule has 2 N–H and O–H groups in total. The van der Waals surface area contributed by atoms with Gasteiger partial charge in [0.15, 0.2) is 0 Å². The van der Waals surface area contributed by atoms with Crippen molar-refractivity contribution in [1.82, 2.24) is 0 Å². The lowest BCUT2D eigenvalue weighted by atomic mass is 9.85. The number of nitrogens with zero attached hydrogens (tertiary/aromatic N) is 1. The molecule has 1 aromatic rings. The van der Waals surface area contributed by atoms with E-state index in [-0.39, 0.29) is 0 Å². The molecule has 94 valence electrons. The summed E-state index contributed by atoms with van der Waals surface area (Å²) in [7, 11) is 0. The van der Waals surface area contributed by atoms with Crippen molar-refractivity contribution < 1.29 is 0 Å². The predicted octanol–water partition coefficient (Wildman–Crippen LogP) is 2.81. The van der Waals surface area contributed by atoms with Gasteiger partial charge in [0.25, 0.3) is 0 Å². The molecule has 0 saturated heterocycles. The van der Waals surface area contributed by atoms with E-state index < -0.39 is 0 Å². The van der Waals surface area contributed by atoms with Crippen LogP contribution in [-0.4, -0.2) is 19.6 Å². The molecule has 1 aliphatic rings. The third kappa shape index (κ3) is 3.01. The van der Waals surface area contributed by atoms with Crippen LogP contribution in [0.4, 0.5) is 5.69 Å². The van der Waals surface area contributed by atoms with Crippen LogP contribution in [-0.2, 0) is 6.42 Å². The Morgan fingerprint density at radius 3 is 2.65 bits per heavy atom. The minimum atomic E-state index is 0.734. The van der Waals surface area contributed by atoms with Gasteiger partial charge in [-0.25, -0.2) is 0 Å². The van der Waals surface area contributed by atoms with Gasteiger partial charge in [0.05, 0.1) is 0 Å². The van der Waals surface area contributed by atoms with Gasteiger partial charge in [-0.1, -0.05) is 24.6 Å². The second kappa shape index (κ2) is 6.06. The van der Waals surface area contributed by atoms with Crippen molar-refractivity contribution >= 4 is 5.69 Å². The van der Waals surface area contributed by atoms with Crippen molar-refractivity contribution in [2.24, 2.45) is 11.7 Å². The molecule has 0 bridgehead atoms. The number of anilines is 1. The maximum absolute atomic E-state index is 5.69. The van der Waals surface area contributed by atoms with Crippen molar-refractivity contribution in [2.75, 3.05) is 24.5 Å². The summed E-state index contributed by atoms with van der Waals surface area (Å²) in [6, 6.07) is 8.71. The highest BCUT2D eigenvalue weighted by molar-refractivity contribution is 5.53. The summed E-state index contributed by atoms with van der Waals surface area (Å²) >= 11 is 0. The van der Waals surface area contributed by atoms with Gasteiger partial charge in [0, 0.05) is 18.8 Å². The zero-order valence-corrected chi connectivity index (χ0v) is 10.9. The van der Waals surface area contributed by atoms with E-state index in [1.54, 1.807) is 0 Å². The molecule has 1 aliphatic carbocycles. The Morgan fingerprint density at radius 2 is 2.06 bits per heavy atom. The van der Waals surface area contributed by atoms with Crippen LogP contribution in [0.15, 0.2) is 24.3 Å². The molecule has 0 atom stereocenters. The van der Waals surface area contributed by atoms with E-state index in [0.717, 1.165) is 25.4 Å². The quantitative estimate of drug-likeness (QED) is 0.817. The first-order valence-electron chi connectivity index (χ1n) is 6.88. The summed E-state index contributed by atoms with van der Waals surface area (Å²) in [5, 5.41) is 0. The fourth-order valence-electron chi connectivity index (χ4n) is 2.57. The van der Waals surface area contributed by atoms with E-state index >= 15 is 0 Å². The normalized spacial score (nSPS) is 15.6. The molecule has 17 heavy (non-hydrogen) atoms. The van der Waals surface area contributed by atoms with Gasteiger partial charge in [0.1, 0.15) is 0 Å². The molecule has 1 saturated carbocycles. The number of benzene rings is 1. The first kappa shape index (κ1) is 12.4. The number of nitrogens with two attached hydrogens (primary N) is 1.